The summed E-state index contributed by atoms with van der Waals surface area (Å²) < 4.78 is 1.84. The van der Waals surface area contributed by atoms with Gasteiger partial charge in [-0.15, -0.1) is 11.3 Å². The normalized spacial score (nSPS) is 12.1. The zero-order chi connectivity index (χ0) is 17.1. The number of hydrogen-bond donors (Lipinski definition) is 0. The number of hydrogen-bond acceptors (Lipinski definition) is 4. The van der Waals surface area contributed by atoms with Crippen LogP contribution in [0.15, 0.2) is 48.1 Å². The summed E-state index contributed by atoms with van der Waals surface area (Å²) >= 11 is 1.59. The number of aryl methyl sites for hydroxylation is 1. The molecule has 0 aliphatic rings. The number of amides is 1. The van der Waals surface area contributed by atoms with Gasteiger partial charge in [0.05, 0.1) is 12.6 Å². The summed E-state index contributed by atoms with van der Waals surface area (Å²) in [5.74, 6) is -0.00216. The van der Waals surface area contributed by atoms with Gasteiger partial charge in [0.25, 0.3) is 5.91 Å². The molecule has 24 heavy (non-hydrogen) atoms. The zero-order valence-electron chi connectivity index (χ0n) is 14.0. The van der Waals surface area contributed by atoms with E-state index in [9.17, 15) is 4.79 Å². The lowest BCUT2D eigenvalue weighted by atomic mass is 10.1. The van der Waals surface area contributed by atoms with E-state index in [4.69, 9.17) is 0 Å². The molecule has 0 N–H and O–H groups in total. The van der Waals surface area contributed by atoms with Crippen molar-refractivity contribution in [2.24, 2.45) is 0 Å². The number of rotatable bonds is 5. The maximum Gasteiger partial charge on any atom is 0.254 e. The molecule has 1 aromatic carbocycles. The molecular formula is C18H20N4OS. The monoisotopic (exact) mass is 340 g/mol. The molecule has 3 rings (SSSR count). The number of carbonyl (C=O) groups is 1. The third-order valence-electron chi connectivity index (χ3n) is 3.97. The highest BCUT2D eigenvalue weighted by Gasteiger charge is 2.21. The first-order valence-electron chi connectivity index (χ1n) is 7.80. The van der Waals surface area contributed by atoms with E-state index >= 15 is 0 Å². The SMILES string of the molecule is Cc1csc(C(C)N(C)C(=O)c2cccc(Cn3cccn3)c2)n1. The fourth-order valence-corrected chi connectivity index (χ4v) is 3.39. The van der Waals surface area contributed by atoms with Gasteiger partial charge in [-0.2, -0.15) is 5.10 Å². The van der Waals surface area contributed by atoms with Crippen molar-refractivity contribution in [2.75, 3.05) is 7.05 Å². The third kappa shape index (κ3) is 3.54. The Kier molecular flexibility index (Phi) is 4.76. The number of benzene rings is 1. The Morgan fingerprint density at radius 1 is 1.38 bits per heavy atom. The highest BCUT2D eigenvalue weighted by atomic mass is 32.1. The number of nitrogens with zero attached hydrogens (tertiary/aromatic N) is 4. The number of carbonyl (C=O) groups excluding carboxylic acids is 1. The van der Waals surface area contributed by atoms with Gasteiger partial charge in [0, 0.05) is 36.1 Å². The fourth-order valence-electron chi connectivity index (χ4n) is 2.49. The quantitative estimate of drug-likeness (QED) is 0.714. The summed E-state index contributed by atoms with van der Waals surface area (Å²) in [5.41, 5.74) is 2.72. The van der Waals surface area contributed by atoms with E-state index in [1.807, 2.05) is 67.5 Å². The first-order chi connectivity index (χ1) is 11.5. The van der Waals surface area contributed by atoms with E-state index in [0.717, 1.165) is 16.3 Å². The predicted octanol–water partition coefficient (Wildman–Crippen LogP) is 3.53. The van der Waals surface area contributed by atoms with E-state index in [1.165, 1.54) is 0 Å². The third-order valence-corrected chi connectivity index (χ3v) is 5.11. The fraction of sp³-hybridized carbons (Fsp3) is 0.278. The molecule has 1 amide bonds. The van der Waals surface area contributed by atoms with Crippen molar-refractivity contribution in [3.63, 3.8) is 0 Å². The van der Waals surface area contributed by atoms with Crippen LogP contribution in [-0.2, 0) is 6.54 Å². The summed E-state index contributed by atoms with van der Waals surface area (Å²) in [5, 5.41) is 7.17. The van der Waals surface area contributed by atoms with Crippen LogP contribution in [0.3, 0.4) is 0 Å². The van der Waals surface area contributed by atoms with Gasteiger partial charge >= 0.3 is 0 Å². The van der Waals surface area contributed by atoms with Crippen molar-refractivity contribution < 1.29 is 4.79 Å². The molecule has 1 atom stereocenters. The first-order valence-corrected chi connectivity index (χ1v) is 8.68. The summed E-state index contributed by atoms with van der Waals surface area (Å²) in [6, 6.07) is 9.54. The van der Waals surface area contributed by atoms with Gasteiger partial charge in [-0.25, -0.2) is 4.98 Å². The minimum atomic E-state index is -0.0500. The first kappa shape index (κ1) is 16.4. The molecule has 0 bridgehead atoms. The Bertz CT molecular complexity index is 825. The second kappa shape index (κ2) is 6.97. The number of thiazole rings is 1. The lowest BCUT2D eigenvalue weighted by molar-refractivity contribution is 0.0742. The van der Waals surface area contributed by atoms with Crippen molar-refractivity contribution in [3.8, 4) is 0 Å². The van der Waals surface area contributed by atoms with Crippen molar-refractivity contribution in [2.45, 2.75) is 26.4 Å². The lowest BCUT2D eigenvalue weighted by Gasteiger charge is -2.23. The van der Waals surface area contributed by atoms with Crippen LogP contribution in [0.1, 0.15) is 39.6 Å². The summed E-state index contributed by atoms with van der Waals surface area (Å²) in [6.07, 6.45) is 3.66. The van der Waals surface area contributed by atoms with Crippen LogP contribution in [0, 0.1) is 6.92 Å². The van der Waals surface area contributed by atoms with Gasteiger partial charge in [0.1, 0.15) is 5.01 Å². The van der Waals surface area contributed by atoms with Crippen LogP contribution in [0.5, 0.6) is 0 Å². The smallest absolute Gasteiger partial charge is 0.254 e. The standard InChI is InChI=1S/C18H20N4OS/c1-13-12-24-17(20-13)14(2)21(3)18(23)16-7-4-6-15(10-16)11-22-9-5-8-19-22/h4-10,12,14H,11H2,1-3H3. The van der Waals surface area contributed by atoms with Crippen molar-refractivity contribution >= 4 is 17.2 Å². The molecule has 124 valence electrons. The van der Waals surface area contributed by atoms with Gasteiger partial charge in [-0.1, -0.05) is 12.1 Å². The second-order valence-corrected chi connectivity index (χ2v) is 6.71. The number of aromatic nitrogens is 3. The molecule has 0 spiro atoms. The van der Waals surface area contributed by atoms with Gasteiger partial charge in [-0.05, 0) is 37.6 Å². The Morgan fingerprint density at radius 3 is 2.88 bits per heavy atom. The summed E-state index contributed by atoms with van der Waals surface area (Å²) in [6.45, 7) is 4.62. The van der Waals surface area contributed by atoms with E-state index in [2.05, 4.69) is 10.1 Å². The molecule has 6 heteroatoms. The van der Waals surface area contributed by atoms with Crippen LogP contribution in [0.25, 0.3) is 0 Å². The molecule has 3 aromatic rings. The van der Waals surface area contributed by atoms with Crippen LogP contribution >= 0.6 is 11.3 Å². The van der Waals surface area contributed by atoms with E-state index in [-0.39, 0.29) is 11.9 Å². The van der Waals surface area contributed by atoms with Crippen LogP contribution in [0.2, 0.25) is 0 Å². The van der Waals surface area contributed by atoms with Crippen molar-refractivity contribution in [1.29, 1.82) is 0 Å². The minimum Gasteiger partial charge on any atom is -0.333 e. The van der Waals surface area contributed by atoms with Gasteiger partial charge < -0.3 is 4.90 Å². The molecule has 0 aliphatic heterocycles. The molecule has 2 aromatic heterocycles. The highest BCUT2D eigenvalue weighted by Crippen LogP contribution is 2.24. The Balaban J connectivity index is 1.76. The average molecular weight is 340 g/mol. The molecule has 0 aliphatic carbocycles. The van der Waals surface area contributed by atoms with Gasteiger partial charge in [-0.3, -0.25) is 9.48 Å². The van der Waals surface area contributed by atoms with Crippen LogP contribution in [0.4, 0.5) is 0 Å². The van der Waals surface area contributed by atoms with Crippen LogP contribution < -0.4 is 0 Å². The van der Waals surface area contributed by atoms with Gasteiger partial charge in [0.15, 0.2) is 0 Å². The Hall–Kier alpha value is -2.47. The maximum atomic E-state index is 12.8. The second-order valence-electron chi connectivity index (χ2n) is 5.82. The molecule has 0 saturated heterocycles. The van der Waals surface area contributed by atoms with E-state index in [0.29, 0.717) is 12.1 Å². The van der Waals surface area contributed by atoms with Crippen molar-refractivity contribution in [3.05, 3.63) is 69.9 Å². The Morgan fingerprint density at radius 2 is 2.21 bits per heavy atom. The average Bonchev–Trinajstić information content (AvgIpc) is 3.24. The lowest BCUT2D eigenvalue weighted by Crippen LogP contribution is -2.29. The molecular weight excluding hydrogens is 320 g/mol. The topological polar surface area (TPSA) is 51.0 Å². The molecule has 0 saturated carbocycles. The highest BCUT2D eigenvalue weighted by molar-refractivity contribution is 7.09. The molecule has 5 nitrogen and oxygen atoms in total. The van der Waals surface area contributed by atoms with Gasteiger partial charge in [0.2, 0.25) is 0 Å². The molecule has 1 unspecified atom stereocenters. The zero-order valence-corrected chi connectivity index (χ0v) is 14.8. The molecule has 0 fully saturated rings. The summed E-state index contributed by atoms with van der Waals surface area (Å²) in [4.78, 5) is 19.0. The van der Waals surface area contributed by atoms with E-state index in [1.54, 1.807) is 22.4 Å². The molecule has 2 heterocycles. The predicted molar refractivity (Wildman–Crippen MR) is 95.1 cm³/mol. The van der Waals surface area contributed by atoms with Crippen molar-refractivity contribution in [1.82, 2.24) is 19.7 Å². The minimum absolute atomic E-state index is 0.00216. The maximum absolute atomic E-state index is 12.8. The van der Waals surface area contributed by atoms with Crippen LogP contribution in [-0.4, -0.2) is 32.6 Å². The Labute approximate surface area is 145 Å². The largest absolute Gasteiger partial charge is 0.333 e. The summed E-state index contributed by atoms with van der Waals surface area (Å²) in [7, 11) is 1.82. The molecule has 0 radical (unpaired) electrons. The van der Waals surface area contributed by atoms with E-state index < -0.39 is 0 Å².